The van der Waals surface area contributed by atoms with Crippen LogP contribution in [-0.2, 0) is 20.9 Å². The fourth-order valence-corrected chi connectivity index (χ4v) is 4.01. The van der Waals surface area contributed by atoms with Gasteiger partial charge >= 0.3 is 0 Å². The molecule has 1 aromatic heterocycles. The predicted octanol–water partition coefficient (Wildman–Crippen LogP) is 2.80. The lowest BCUT2D eigenvalue weighted by Crippen LogP contribution is -2.34. The van der Waals surface area contributed by atoms with Gasteiger partial charge in [-0.05, 0) is 38.8 Å². The van der Waals surface area contributed by atoms with E-state index in [9.17, 15) is 18.4 Å². The van der Waals surface area contributed by atoms with E-state index in [0.29, 0.717) is 6.54 Å². The molecule has 1 saturated heterocycles. The van der Waals surface area contributed by atoms with Gasteiger partial charge in [0.2, 0.25) is 11.8 Å². The summed E-state index contributed by atoms with van der Waals surface area (Å²) in [6, 6.07) is 3.04. The maximum Gasteiger partial charge on any atom is 0.243 e. The minimum Gasteiger partial charge on any atom is -0.376 e. The van der Waals surface area contributed by atoms with Crippen molar-refractivity contribution in [1.82, 2.24) is 14.9 Å². The second-order valence-electron chi connectivity index (χ2n) is 7.05. The summed E-state index contributed by atoms with van der Waals surface area (Å²) in [5, 5.41) is 5.65. The molecule has 1 aliphatic heterocycles. The summed E-state index contributed by atoms with van der Waals surface area (Å²) in [6.07, 6.45) is 2.22. The molecule has 0 aliphatic carbocycles. The number of imidazole rings is 1. The van der Waals surface area contributed by atoms with Crippen molar-refractivity contribution in [1.29, 1.82) is 0 Å². The summed E-state index contributed by atoms with van der Waals surface area (Å²) in [5.41, 5.74) is 2.06. The minimum atomic E-state index is -1.06. The number of halogens is 2. The molecular formula is C20H24F2N4O3S. The van der Waals surface area contributed by atoms with Crippen LogP contribution in [0.15, 0.2) is 23.4 Å². The van der Waals surface area contributed by atoms with Crippen LogP contribution in [0.5, 0.6) is 0 Å². The van der Waals surface area contributed by atoms with E-state index in [1.165, 1.54) is 17.8 Å². The fourth-order valence-electron chi connectivity index (χ4n) is 3.08. The molecule has 0 spiro atoms. The van der Waals surface area contributed by atoms with E-state index in [0.717, 1.165) is 48.1 Å². The van der Waals surface area contributed by atoms with Crippen LogP contribution in [0.4, 0.5) is 14.5 Å². The number of hydrogen-bond acceptors (Lipinski definition) is 5. The van der Waals surface area contributed by atoms with Crippen molar-refractivity contribution in [2.45, 2.75) is 44.5 Å². The summed E-state index contributed by atoms with van der Waals surface area (Å²) in [7, 11) is 0. The lowest BCUT2D eigenvalue weighted by atomic mass is 10.2. The normalized spacial score (nSPS) is 15.9. The van der Waals surface area contributed by atoms with Crippen LogP contribution in [0.1, 0.15) is 24.2 Å². The zero-order valence-corrected chi connectivity index (χ0v) is 17.7. The monoisotopic (exact) mass is 438 g/mol. The smallest absolute Gasteiger partial charge is 0.243 e. The number of carbonyl (C=O) groups is 2. The average molecular weight is 439 g/mol. The summed E-state index contributed by atoms with van der Waals surface area (Å²) >= 11 is 1.29. The van der Waals surface area contributed by atoms with Crippen molar-refractivity contribution in [2.75, 3.05) is 24.2 Å². The summed E-state index contributed by atoms with van der Waals surface area (Å²) in [6.45, 7) is 5.11. The number of thioether (sulfide) groups is 1. The van der Waals surface area contributed by atoms with Gasteiger partial charge in [-0.15, -0.1) is 0 Å². The third-order valence-electron chi connectivity index (χ3n) is 4.81. The zero-order chi connectivity index (χ0) is 21.7. The Kier molecular flexibility index (Phi) is 7.43. The van der Waals surface area contributed by atoms with Gasteiger partial charge in [-0.1, -0.05) is 11.8 Å². The van der Waals surface area contributed by atoms with Gasteiger partial charge in [-0.25, -0.2) is 13.8 Å². The van der Waals surface area contributed by atoms with E-state index in [2.05, 4.69) is 20.2 Å². The summed E-state index contributed by atoms with van der Waals surface area (Å²) < 4.78 is 33.9. The molecule has 2 aromatic rings. The topological polar surface area (TPSA) is 85.3 Å². The third kappa shape index (κ3) is 5.79. The SMILES string of the molecule is Cc1nc(SCC(=O)NCC(=O)Nc2ccc(F)c(F)c2)n(CC2CCCO2)c1C. The largest absolute Gasteiger partial charge is 0.376 e. The Morgan fingerprint density at radius 3 is 2.77 bits per heavy atom. The van der Waals surface area contributed by atoms with Crippen LogP contribution in [0.2, 0.25) is 0 Å². The van der Waals surface area contributed by atoms with E-state index in [4.69, 9.17) is 4.74 Å². The van der Waals surface area contributed by atoms with Gasteiger partial charge in [0.1, 0.15) is 0 Å². The molecule has 30 heavy (non-hydrogen) atoms. The first-order chi connectivity index (χ1) is 14.3. The van der Waals surface area contributed by atoms with Gasteiger partial charge in [-0.3, -0.25) is 9.59 Å². The molecule has 10 heteroatoms. The number of ether oxygens (including phenoxy) is 1. The van der Waals surface area contributed by atoms with Gasteiger partial charge in [0.25, 0.3) is 0 Å². The van der Waals surface area contributed by atoms with Crippen molar-refractivity contribution in [3.8, 4) is 0 Å². The van der Waals surface area contributed by atoms with Crippen LogP contribution in [0, 0.1) is 25.5 Å². The number of rotatable bonds is 8. The minimum absolute atomic E-state index is 0.0971. The quantitative estimate of drug-likeness (QED) is 0.619. The number of amides is 2. The van der Waals surface area contributed by atoms with Crippen LogP contribution in [-0.4, -0.2) is 46.4 Å². The Bertz CT molecular complexity index is 929. The van der Waals surface area contributed by atoms with Gasteiger partial charge in [-0.2, -0.15) is 0 Å². The molecule has 1 aromatic carbocycles. The Balaban J connectivity index is 1.48. The Morgan fingerprint density at radius 1 is 1.27 bits per heavy atom. The van der Waals surface area contributed by atoms with E-state index in [1.54, 1.807) is 0 Å². The summed E-state index contributed by atoms with van der Waals surface area (Å²) in [5.74, 6) is -2.83. The number of aromatic nitrogens is 2. The molecule has 1 aliphatic rings. The number of hydrogen-bond donors (Lipinski definition) is 2. The molecule has 1 atom stereocenters. The van der Waals surface area contributed by atoms with Gasteiger partial charge in [0.05, 0.1) is 30.6 Å². The van der Waals surface area contributed by atoms with Crippen LogP contribution in [0.25, 0.3) is 0 Å². The second kappa shape index (κ2) is 10.0. The lowest BCUT2D eigenvalue weighted by Gasteiger charge is -2.14. The van der Waals surface area contributed by atoms with Crippen molar-refractivity contribution in [3.05, 3.63) is 41.2 Å². The molecule has 2 N–H and O–H groups in total. The summed E-state index contributed by atoms with van der Waals surface area (Å²) in [4.78, 5) is 28.6. The van der Waals surface area contributed by atoms with E-state index in [1.807, 2.05) is 13.8 Å². The van der Waals surface area contributed by atoms with E-state index < -0.39 is 17.5 Å². The van der Waals surface area contributed by atoms with Gasteiger partial charge in [0.15, 0.2) is 16.8 Å². The Hall–Kier alpha value is -2.46. The maximum absolute atomic E-state index is 13.2. The maximum atomic E-state index is 13.2. The van der Waals surface area contributed by atoms with Crippen molar-refractivity contribution in [3.63, 3.8) is 0 Å². The molecule has 2 heterocycles. The van der Waals surface area contributed by atoms with Gasteiger partial charge in [0, 0.05) is 24.1 Å². The first-order valence-electron chi connectivity index (χ1n) is 9.63. The van der Waals surface area contributed by atoms with Crippen molar-refractivity contribution >= 4 is 29.3 Å². The number of benzene rings is 1. The molecule has 7 nitrogen and oxygen atoms in total. The van der Waals surface area contributed by atoms with Gasteiger partial charge < -0.3 is 19.9 Å². The van der Waals surface area contributed by atoms with Crippen LogP contribution < -0.4 is 10.6 Å². The first kappa shape index (κ1) is 22.2. The standard InChI is InChI=1S/C20H24F2N4O3S/c1-12-13(2)26(10-15-4-3-7-29-15)20(24-12)30-11-19(28)23-9-18(27)25-14-5-6-16(21)17(22)8-14/h5-6,8,15H,3-4,7,9-11H2,1-2H3,(H,23,28)(H,25,27). The molecule has 162 valence electrons. The average Bonchev–Trinajstić information content (AvgIpc) is 3.31. The van der Waals surface area contributed by atoms with E-state index in [-0.39, 0.29) is 30.0 Å². The Labute approximate surface area is 177 Å². The van der Waals surface area contributed by atoms with Crippen molar-refractivity contribution in [2.24, 2.45) is 0 Å². The number of nitrogens with one attached hydrogen (secondary N) is 2. The van der Waals surface area contributed by atoms with Crippen LogP contribution in [0.3, 0.4) is 0 Å². The van der Waals surface area contributed by atoms with E-state index >= 15 is 0 Å². The zero-order valence-electron chi connectivity index (χ0n) is 16.8. The van der Waals surface area contributed by atoms with Crippen molar-refractivity contribution < 1.29 is 23.1 Å². The predicted molar refractivity (Wildman–Crippen MR) is 109 cm³/mol. The number of carbonyl (C=O) groups excluding carboxylic acids is 2. The highest BCUT2D eigenvalue weighted by molar-refractivity contribution is 7.99. The number of anilines is 1. The molecule has 0 radical (unpaired) electrons. The molecule has 0 saturated carbocycles. The second-order valence-corrected chi connectivity index (χ2v) is 8.00. The number of aryl methyl sites for hydroxylation is 1. The fraction of sp³-hybridized carbons (Fsp3) is 0.450. The first-order valence-corrected chi connectivity index (χ1v) is 10.6. The highest BCUT2D eigenvalue weighted by Gasteiger charge is 2.21. The molecule has 1 unspecified atom stereocenters. The highest BCUT2D eigenvalue weighted by atomic mass is 32.2. The molecule has 0 bridgehead atoms. The third-order valence-corrected chi connectivity index (χ3v) is 5.79. The molecule has 3 rings (SSSR count). The number of nitrogens with zero attached hydrogens (tertiary/aromatic N) is 2. The molecule has 2 amide bonds. The van der Waals surface area contributed by atoms with Crippen LogP contribution >= 0.6 is 11.8 Å². The molecule has 1 fully saturated rings. The molecular weight excluding hydrogens is 414 g/mol. The lowest BCUT2D eigenvalue weighted by molar-refractivity contribution is -0.122. The Morgan fingerprint density at radius 2 is 2.07 bits per heavy atom. The highest BCUT2D eigenvalue weighted by Crippen LogP contribution is 2.24.